The van der Waals surface area contributed by atoms with Crippen LogP contribution in [0, 0.1) is 5.82 Å². The van der Waals surface area contributed by atoms with Crippen LogP contribution in [0.25, 0.3) is 11.1 Å². The molecule has 1 N–H and O–H groups in total. The molecule has 1 aliphatic rings. The van der Waals surface area contributed by atoms with Gasteiger partial charge in [0.25, 0.3) is 5.91 Å². The first-order valence-corrected chi connectivity index (χ1v) is 7.87. The maximum atomic E-state index is 13.7. The summed E-state index contributed by atoms with van der Waals surface area (Å²) >= 11 is 0. The molecule has 2 aromatic rings. The summed E-state index contributed by atoms with van der Waals surface area (Å²) < 4.78 is 13.7. The number of nitrogens with one attached hydrogen (secondary N) is 1. The minimum Gasteiger partial charge on any atom is -0.390 e. The highest BCUT2D eigenvalue weighted by atomic mass is 19.1. The average molecular weight is 327 g/mol. The SMILES string of the molecule is CCC1=NO[C@H](CNC(=O)c2ccc(-c3ccncc3F)cc2)C1. The number of oxime groups is 1. The quantitative estimate of drug-likeness (QED) is 0.917. The minimum atomic E-state index is -0.389. The third kappa shape index (κ3) is 3.59. The first kappa shape index (κ1) is 16.1. The fourth-order valence-corrected chi connectivity index (χ4v) is 2.52. The predicted molar refractivity (Wildman–Crippen MR) is 89.2 cm³/mol. The zero-order valence-electron chi connectivity index (χ0n) is 13.3. The topological polar surface area (TPSA) is 63.6 Å². The van der Waals surface area contributed by atoms with Crippen LogP contribution in [0.2, 0.25) is 0 Å². The smallest absolute Gasteiger partial charge is 0.251 e. The van der Waals surface area contributed by atoms with E-state index in [9.17, 15) is 9.18 Å². The summed E-state index contributed by atoms with van der Waals surface area (Å²) in [4.78, 5) is 21.2. The number of pyridine rings is 1. The van der Waals surface area contributed by atoms with Crippen LogP contribution in [0.1, 0.15) is 30.1 Å². The van der Waals surface area contributed by atoms with Gasteiger partial charge in [-0.15, -0.1) is 0 Å². The second-order valence-corrected chi connectivity index (χ2v) is 5.59. The van der Waals surface area contributed by atoms with Crippen molar-refractivity contribution >= 4 is 11.6 Å². The van der Waals surface area contributed by atoms with Gasteiger partial charge in [0.1, 0.15) is 11.9 Å². The molecule has 0 saturated heterocycles. The molecule has 0 unspecified atom stereocenters. The highest BCUT2D eigenvalue weighted by Crippen LogP contribution is 2.22. The molecule has 1 amide bonds. The molecule has 5 nitrogen and oxygen atoms in total. The Balaban J connectivity index is 1.59. The van der Waals surface area contributed by atoms with E-state index >= 15 is 0 Å². The molecule has 1 aromatic heterocycles. The molecule has 1 atom stereocenters. The lowest BCUT2D eigenvalue weighted by Gasteiger charge is -2.10. The van der Waals surface area contributed by atoms with Gasteiger partial charge in [0.15, 0.2) is 0 Å². The number of amides is 1. The number of hydrogen-bond donors (Lipinski definition) is 1. The lowest BCUT2D eigenvalue weighted by Crippen LogP contribution is -2.32. The zero-order chi connectivity index (χ0) is 16.9. The summed E-state index contributed by atoms with van der Waals surface area (Å²) in [6, 6.07) is 8.39. The summed E-state index contributed by atoms with van der Waals surface area (Å²) in [6.45, 7) is 2.43. The van der Waals surface area contributed by atoms with Crippen LogP contribution in [-0.4, -0.2) is 29.3 Å². The summed E-state index contributed by atoms with van der Waals surface area (Å²) in [5.74, 6) is -0.579. The Morgan fingerprint density at radius 2 is 2.12 bits per heavy atom. The second-order valence-electron chi connectivity index (χ2n) is 5.59. The van der Waals surface area contributed by atoms with Crippen LogP contribution in [0.15, 0.2) is 47.9 Å². The fourth-order valence-electron chi connectivity index (χ4n) is 2.52. The van der Waals surface area contributed by atoms with Crippen LogP contribution in [0.3, 0.4) is 0 Å². The standard InChI is InChI=1S/C18H18FN3O2/c1-2-14-9-15(24-22-14)10-21-18(23)13-5-3-12(4-6-13)16-7-8-20-11-17(16)19/h3-8,11,15H,2,9-10H2,1H3,(H,21,23)/t15-/m0/s1. The molecule has 1 aromatic carbocycles. The van der Waals surface area contributed by atoms with Crippen LogP contribution in [0.4, 0.5) is 4.39 Å². The van der Waals surface area contributed by atoms with Gasteiger partial charge < -0.3 is 10.2 Å². The van der Waals surface area contributed by atoms with Gasteiger partial charge in [-0.3, -0.25) is 9.78 Å². The van der Waals surface area contributed by atoms with Gasteiger partial charge in [-0.25, -0.2) is 4.39 Å². The van der Waals surface area contributed by atoms with Crippen molar-refractivity contribution in [3.05, 3.63) is 54.1 Å². The van der Waals surface area contributed by atoms with E-state index in [4.69, 9.17) is 4.84 Å². The Bertz CT molecular complexity index is 759. The number of halogens is 1. The monoisotopic (exact) mass is 327 g/mol. The molecular formula is C18H18FN3O2. The van der Waals surface area contributed by atoms with E-state index in [-0.39, 0.29) is 17.8 Å². The molecule has 0 radical (unpaired) electrons. The number of benzene rings is 1. The Hall–Kier alpha value is -2.76. The molecule has 0 bridgehead atoms. The van der Waals surface area contributed by atoms with E-state index in [1.165, 1.54) is 12.4 Å². The molecule has 0 aliphatic carbocycles. The maximum Gasteiger partial charge on any atom is 0.251 e. The Kier molecular flexibility index (Phi) is 4.84. The molecule has 2 heterocycles. The highest BCUT2D eigenvalue weighted by Gasteiger charge is 2.20. The Morgan fingerprint density at radius 3 is 2.79 bits per heavy atom. The number of hydrogen-bond acceptors (Lipinski definition) is 4. The van der Waals surface area contributed by atoms with Gasteiger partial charge in [0.2, 0.25) is 0 Å². The third-order valence-electron chi connectivity index (χ3n) is 3.92. The van der Waals surface area contributed by atoms with Gasteiger partial charge in [0, 0.05) is 23.7 Å². The first-order chi connectivity index (χ1) is 11.7. The normalized spacial score (nSPS) is 16.4. The van der Waals surface area contributed by atoms with Crippen molar-refractivity contribution in [1.82, 2.24) is 10.3 Å². The van der Waals surface area contributed by atoms with E-state index in [0.717, 1.165) is 18.6 Å². The van der Waals surface area contributed by atoms with Gasteiger partial charge in [-0.1, -0.05) is 24.2 Å². The molecule has 1 aliphatic heterocycles. The number of aromatic nitrogens is 1. The van der Waals surface area contributed by atoms with Crippen LogP contribution >= 0.6 is 0 Å². The molecule has 124 valence electrons. The fraction of sp³-hybridized carbons (Fsp3) is 0.278. The zero-order valence-corrected chi connectivity index (χ0v) is 13.3. The van der Waals surface area contributed by atoms with Crippen LogP contribution < -0.4 is 5.32 Å². The van der Waals surface area contributed by atoms with Crippen molar-refractivity contribution in [1.29, 1.82) is 0 Å². The molecule has 0 saturated carbocycles. The van der Waals surface area contributed by atoms with Gasteiger partial charge in [-0.05, 0) is 30.2 Å². The van der Waals surface area contributed by atoms with Crippen molar-refractivity contribution in [2.45, 2.75) is 25.9 Å². The maximum absolute atomic E-state index is 13.7. The summed E-state index contributed by atoms with van der Waals surface area (Å²) in [5.41, 5.74) is 2.69. The summed E-state index contributed by atoms with van der Waals surface area (Å²) in [5, 5.41) is 6.80. The van der Waals surface area contributed by atoms with E-state index in [1.54, 1.807) is 30.3 Å². The number of rotatable bonds is 5. The van der Waals surface area contributed by atoms with Crippen molar-refractivity contribution in [3.8, 4) is 11.1 Å². The molecule has 24 heavy (non-hydrogen) atoms. The van der Waals surface area contributed by atoms with Crippen molar-refractivity contribution in [2.24, 2.45) is 5.16 Å². The first-order valence-electron chi connectivity index (χ1n) is 7.87. The van der Waals surface area contributed by atoms with Crippen molar-refractivity contribution in [2.75, 3.05) is 6.54 Å². The van der Waals surface area contributed by atoms with Gasteiger partial charge >= 0.3 is 0 Å². The van der Waals surface area contributed by atoms with E-state index in [2.05, 4.69) is 15.5 Å². The third-order valence-corrected chi connectivity index (χ3v) is 3.92. The van der Waals surface area contributed by atoms with Crippen molar-refractivity contribution < 1.29 is 14.0 Å². The number of nitrogens with zero attached hydrogens (tertiary/aromatic N) is 2. The molecule has 3 rings (SSSR count). The van der Waals surface area contributed by atoms with Gasteiger partial charge in [0.05, 0.1) is 18.5 Å². The Morgan fingerprint density at radius 1 is 1.33 bits per heavy atom. The highest BCUT2D eigenvalue weighted by molar-refractivity contribution is 5.94. The Labute approximate surface area is 139 Å². The van der Waals surface area contributed by atoms with Crippen molar-refractivity contribution in [3.63, 3.8) is 0 Å². The largest absolute Gasteiger partial charge is 0.390 e. The summed E-state index contributed by atoms with van der Waals surface area (Å²) in [7, 11) is 0. The minimum absolute atomic E-state index is 0.103. The van der Waals surface area contributed by atoms with Crippen LogP contribution in [0.5, 0.6) is 0 Å². The van der Waals surface area contributed by atoms with E-state index < -0.39 is 0 Å². The summed E-state index contributed by atoms with van der Waals surface area (Å²) in [6.07, 6.45) is 4.21. The molecule has 0 fully saturated rings. The molecule has 0 spiro atoms. The second kappa shape index (κ2) is 7.21. The molecular weight excluding hydrogens is 309 g/mol. The van der Waals surface area contributed by atoms with E-state index in [1.807, 2.05) is 6.92 Å². The van der Waals surface area contributed by atoms with E-state index in [0.29, 0.717) is 23.2 Å². The van der Waals surface area contributed by atoms with Crippen LogP contribution in [-0.2, 0) is 4.84 Å². The van der Waals surface area contributed by atoms with Gasteiger partial charge in [-0.2, -0.15) is 0 Å². The number of carbonyl (C=O) groups is 1. The predicted octanol–water partition coefficient (Wildman–Crippen LogP) is 3.17. The average Bonchev–Trinajstić information content (AvgIpc) is 3.08. The molecule has 6 heteroatoms. The number of carbonyl (C=O) groups excluding carboxylic acids is 1. The lowest BCUT2D eigenvalue weighted by atomic mass is 10.0. The lowest BCUT2D eigenvalue weighted by molar-refractivity contribution is 0.0753.